The molecule has 0 aromatic carbocycles. The van der Waals surface area contributed by atoms with E-state index in [2.05, 4.69) is 5.32 Å². The van der Waals surface area contributed by atoms with Gasteiger partial charge in [-0.3, -0.25) is 10.0 Å². The molecule has 1 heterocycles. The molecule has 0 bridgehead atoms. The van der Waals surface area contributed by atoms with E-state index in [0.717, 1.165) is 0 Å². The summed E-state index contributed by atoms with van der Waals surface area (Å²) in [6, 6.07) is -1.56. The van der Waals surface area contributed by atoms with Crippen LogP contribution in [0.2, 0.25) is 0 Å². The zero-order valence-corrected chi connectivity index (χ0v) is 5.81. The molecular formula is C5H8N2O4. The molecular weight excluding hydrogens is 152 g/mol. The SMILES string of the molecule is CC1NC(=O)N(O)C(=O)C1O. The largest absolute Gasteiger partial charge is 0.381 e. The number of urea groups is 1. The molecule has 1 fully saturated rings. The lowest BCUT2D eigenvalue weighted by molar-refractivity contribution is -0.167. The van der Waals surface area contributed by atoms with Crippen molar-refractivity contribution in [3.8, 4) is 0 Å². The molecule has 11 heavy (non-hydrogen) atoms. The van der Waals surface area contributed by atoms with E-state index in [1.54, 1.807) is 0 Å². The first-order valence-electron chi connectivity index (χ1n) is 3.05. The molecule has 6 nitrogen and oxygen atoms in total. The van der Waals surface area contributed by atoms with Gasteiger partial charge in [0.25, 0.3) is 5.91 Å². The smallest absolute Gasteiger partial charge is 0.348 e. The van der Waals surface area contributed by atoms with Crippen LogP contribution in [-0.4, -0.2) is 39.5 Å². The van der Waals surface area contributed by atoms with E-state index in [9.17, 15) is 9.59 Å². The van der Waals surface area contributed by atoms with Crippen molar-refractivity contribution in [3.05, 3.63) is 0 Å². The van der Waals surface area contributed by atoms with Crippen LogP contribution in [0.4, 0.5) is 4.79 Å². The van der Waals surface area contributed by atoms with Crippen LogP contribution in [0.5, 0.6) is 0 Å². The van der Waals surface area contributed by atoms with Crippen LogP contribution < -0.4 is 5.32 Å². The number of carbonyl (C=O) groups excluding carboxylic acids is 2. The highest BCUT2D eigenvalue weighted by atomic mass is 16.5. The van der Waals surface area contributed by atoms with E-state index >= 15 is 0 Å². The van der Waals surface area contributed by atoms with Crippen LogP contribution in [0, 0.1) is 0 Å². The molecule has 6 heteroatoms. The number of aliphatic hydroxyl groups excluding tert-OH is 1. The molecule has 0 spiro atoms. The van der Waals surface area contributed by atoms with Gasteiger partial charge in [-0.15, -0.1) is 5.06 Å². The molecule has 1 saturated heterocycles. The van der Waals surface area contributed by atoms with Crippen molar-refractivity contribution in [1.29, 1.82) is 0 Å². The number of aliphatic hydroxyl groups is 1. The number of hydrogen-bond acceptors (Lipinski definition) is 4. The van der Waals surface area contributed by atoms with Crippen molar-refractivity contribution >= 4 is 11.9 Å². The topological polar surface area (TPSA) is 89.9 Å². The van der Waals surface area contributed by atoms with Gasteiger partial charge in [-0.25, -0.2) is 4.79 Å². The Kier molecular flexibility index (Phi) is 1.79. The number of nitrogens with one attached hydrogen (secondary N) is 1. The van der Waals surface area contributed by atoms with Crippen LogP contribution in [0.1, 0.15) is 6.92 Å². The third kappa shape index (κ3) is 1.17. The summed E-state index contributed by atoms with van der Waals surface area (Å²) in [5, 5.41) is 19.7. The Labute approximate surface area is 62.4 Å². The van der Waals surface area contributed by atoms with Crippen molar-refractivity contribution in [2.24, 2.45) is 0 Å². The highest BCUT2D eigenvalue weighted by molar-refractivity contribution is 5.98. The quantitative estimate of drug-likeness (QED) is 0.383. The summed E-state index contributed by atoms with van der Waals surface area (Å²) < 4.78 is 0. The van der Waals surface area contributed by atoms with E-state index in [1.807, 2.05) is 0 Å². The van der Waals surface area contributed by atoms with Gasteiger partial charge in [-0.2, -0.15) is 0 Å². The van der Waals surface area contributed by atoms with E-state index in [4.69, 9.17) is 10.3 Å². The van der Waals surface area contributed by atoms with Crippen LogP contribution in [0.25, 0.3) is 0 Å². The first-order valence-corrected chi connectivity index (χ1v) is 3.05. The Hall–Kier alpha value is -1.14. The molecule has 0 aliphatic carbocycles. The Balaban J connectivity index is 2.79. The molecule has 2 unspecified atom stereocenters. The first-order chi connectivity index (χ1) is 5.04. The molecule has 1 rings (SSSR count). The average Bonchev–Trinajstić information content (AvgIpc) is 1.97. The number of imide groups is 1. The third-order valence-electron chi connectivity index (χ3n) is 1.48. The summed E-state index contributed by atoms with van der Waals surface area (Å²) in [7, 11) is 0. The number of amides is 3. The number of rotatable bonds is 0. The Morgan fingerprint density at radius 1 is 1.55 bits per heavy atom. The van der Waals surface area contributed by atoms with Crippen molar-refractivity contribution in [2.75, 3.05) is 0 Å². The average molecular weight is 160 g/mol. The minimum atomic E-state index is -1.36. The molecule has 0 saturated carbocycles. The first kappa shape index (κ1) is 7.96. The van der Waals surface area contributed by atoms with Crippen LogP contribution >= 0.6 is 0 Å². The molecule has 0 radical (unpaired) electrons. The van der Waals surface area contributed by atoms with Gasteiger partial charge in [-0.1, -0.05) is 0 Å². The highest BCUT2D eigenvalue weighted by Crippen LogP contribution is 2.04. The van der Waals surface area contributed by atoms with Gasteiger partial charge in [-0.05, 0) is 6.92 Å². The predicted molar refractivity (Wildman–Crippen MR) is 32.6 cm³/mol. The Bertz CT molecular complexity index is 205. The summed E-state index contributed by atoms with van der Waals surface area (Å²) in [5.74, 6) is -0.999. The van der Waals surface area contributed by atoms with Crippen LogP contribution in [0.3, 0.4) is 0 Å². The molecule has 3 amide bonds. The van der Waals surface area contributed by atoms with Gasteiger partial charge in [0.2, 0.25) is 0 Å². The van der Waals surface area contributed by atoms with Crippen molar-refractivity contribution in [2.45, 2.75) is 19.1 Å². The molecule has 0 aromatic rings. The van der Waals surface area contributed by atoms with Gasteiger partial charge in [0.05, 0.1) is 6.04 Å². The van der Waals surface area contributed by atoms with E-state index in [-0.39, 0.29) is 5.06 Å². The second-order valence-electron chi connectivity index (χ2n) is 2.33. The maximum Gasteiger partial charge on any atom is 0.348 e. The normalized spacial score (nSPS) is 32.1. The fraction of sp³-hybridized carbons (Fsp3) is 0.600. The second kappa shape index (κ2) is 2.48. The number of hydrogen-bond donors (Lipinski definition) is 3. The van der Waals surface area contributed by atoms with E-state index in [0.29, 0.717) is 0 Å². The fourth-order valence-corrected chi connectivity index (χ4v) is 0.774. The Morgan fingerprint density at radius 3 is 2.64 bits per heavy atom. The van der Waals surface area contributed by atoms with Gasteiger partial charge < -0.3 is 10.4 Å². The van der Waals surface area contributed by atoms with Gasteiger partial charge in [0, 0.05) is 0 Å². The van der Waals surface area contributed by atoms with Crippen molar-refractivity contribution in [3.63, 3.8) is 0 Å². The second-order valence-corrected chi connectivity index (χ2v) is 2.33. The van der Waals surface area contributed by atoms with Crippen molar-refractivity contribution in [1.82, 2.24) is 10.4 Å². The lowest BCUT2D eigenvalue weighted by Gasteiger charge is -2.28. The standard InChI is InChI=1S/C5H8N2O4/c1-2-3(8)4(9)7(11)5(10)6-2/h2-3,8,11H,1H3,(H,6,10). The van der Waals surface area contributed by atoms with E-state index < -0.39 is 24.1 Å². The monoisotopic (exact) mass is 160 g/mol. The van der Waals surface area contributed by atoms with E-state index in [1.165, 1.54) is 6.92 Å². The summed E-state index contributed by atoms with van der Waals surface area (Å²) in [4.78, 5) is 21.3. The minimum Gasteiger partial charge on any atom is -0.381 e. The zero-order valence-electron chi connectivity index (χ0n) is 5.81. The summed E-state index contributed by atoms with van der Waals surface area (Å²) in [6.45, 7) is 1.47. The van der Waals surface area contributed by atoms with Crippen molar-refractivity contribution < 1.29 is 19.9 Å². The number of nitrogens with zero attached hydrogens (tertiary/aromatic N) is 1. The maximum atomic E-state index is 10.7. The molecule has 1 aliphatic heterocycles. The molecule has 2 atom stereocenters. The van der Waals surface area contributed by atoms with Crippen LogP contribution in [0.15, 0.2) is 0 Å². The molecule has 0 aromatic heterocycles. The number of carbonyl (C=O) groups is 2. The summed E-state index contributed by atoms with van der Waals surface area (Å²) in [5.41, 5.74) is 0. The molecule has 3 N–H and O–H groups in total. The fourth-order valence-electron chi connectivity index (χ4n) is 0.774. The zero-order chi connectivity index (χ0) is 8.59. The maximum absolute atomic E-state index is 10.7. The molecule has 1 aliphatic rings. The van der Waals surface area contributed by atoms with Crippen LogP contribution in [-0.2, 0) is 4.79 Å². The summed E-state index contributed by atoms with van der Waals surface area (Å²) in [6.07, 6.45) is -1.36. The number of hydroxylamine groups is 2. The Morgan fingerprint density at radius 2 is 2.09 bits per heavy atom. The minimum absolute atomic E-state index is 0.134. The molecule has 62 valence electrons. The van der Waals surface area contributed by atoms with Gasteiger partial charge in [0.15, 0.2) is 6.10 Å². The highest BCUT2D eigenvalue weighted by Gasteiger charge is 2.36. The lowest BCUT2D eigenvalue weighted by atomic mass is 10.1. The van der Waals surface area contributed by atoms with Gasteiger partial charge in [0.1, 0.15) is 0 Å². The summed E-state index contributed by atoms with van der Waals surface area (Å²) >= 11 is 0. The van der Waals surface area contributed by atoms with Gasteiger partial charge >= 0.3 is 6.03 Å². The lowest BCUT2D eigenvalue weighted by Crippen LogP contribution is -2.60. The third-order valence-corrected chi connectivity index (χ3v) is 1.48. The predicted octanol–water partition coefficient (Wildman–Crippen LogP) is -1.32.